The average molecular weight is 383 g/mol. The Morgan fingerprint density at radius 3 is 2.48 bits per heavy atom. The molecule has 0 aliphatic carbocycles. The number of benzene rings is 1. The van der Waals surface area contributed by atoms with Crippen LogP contribution in [0.2, 0.25) is 0 Å². The number of alkyl halides is 3. The van der Waals surface area contributed by atoms with Crippen molar-refractivity contribution in [3.05, 3.63) is 36.0 Å². The summed E-state index contributed by atoms with van der Waals surface area (Å²) < 4.78 is 51.0. The van der Waals surface area contributed by atoms with Crippen LogP contribution in [0, 0.1) is 5.92 Å². The van der Waals surface area contributed by atoms with E-state index in [0.717, 1.165) is 6.07 Å². The quantitative estimate of drug-likeness (QED) is 0.771. The highest BCUT2D eigenvalue weighted by atomic mass is 19.4. The predicted octanol–water partition coefficient (Wildman–Crippen LogP) is 4.31. The Bertz CT molecular complexity index is 777. The van der Waals surface area contributed by atoms with E-state index >= 15 is 0 Å². The first-order valence-corrected chi connectivity index (χ1v) is 8.52. The molecule has 0 saturated carbocycles. The molecule has 148 valence electrons. The van der Waals surface area contributed by atoms with Crippen molar-refractivity contribution in [2.75, 3.05) is 13.7 Å². The Labute approximate surface area is 156 Å². The van der Waals surface area contributed by atoms with Gasteiger partial charge in [0, 0.05) is 17.3 Å². The fraction of sp³-hybridized carbons (Fsp3) is 0.474. The molecule has 0 aliphatic heterocycles. The number of hydrogen-bond acceptors (Lipinski definition) is 5. The van der Waals surface area contributed by atoms with E-state index in [1.807, 2.05) is 13.8 Å². The third-order valence-electron chi connectivity index (χ3n) is 3.83. The molecule has 1 aromatic carbocycles. The molecule has 0 amide bonds. The highest BCUT2D eigenvalue weighted by Gasteiger charge is 2.35. The average Bonchev–Trinajstić information content (AvgIpc) is 2.58. The van der Waals surface area contributed by atoms with E-state index in [1.165, 1.54) is 31.5 Å². The van der Waals surface area contributed by atoms with Crippen LogP contribution in [-0.4, -0.2) is 29.2 Å². The summed E-state index contributed by atoms with van der Waals surface area (Å²) in [5.41, 5.74) is 5.14. The van der Waals surface area contributed by atoms with Gasteiger partial charge in [0.2, 0.25) is 0 Å². The van der Waals surface area contributed by atoms with E-state index in [1.54, 1.807) is 6.92 Å². The second-order valence-corrected chi connectivity index (χ2v) is 7.18. The molecule has 0 radical (unpaired) electrons. The van der Waals surface area contributed by atoms with Gasteiger partial charge in [0.1, 0.15) is 12.4 Å². The second-order valence-electron chi connectivity index (χ2n) is 7.18. The number of rotatable bonds is 7. The van der Waals surface area contributed by atoms with E-state index in [4.69, 9.17) is 15.2 Å². The predicted molar refractivity (Wildman–Crippen MR) is 96.6 cm³/mol. The summed E-state index contributed by atoms with van der Waals surface area (Å²) in [5.74, 6) is 0.0495. The van der Waals surface area contributed by atoms with Gasteiger partial charge in [-0.1, -0.05) is 13.8 Å². The molecule has 5 nitrogen and oxygen atoms in total. The fourth-order valence-corrected chi connectivity index (χ4v) is 2.87. The van der Waals surface area contributed by atoms with Gasteiger partial charge >= 0.3 is 12.2 Å². The Balaban J connectivity index is 2.33. The van der Waals surface area contributed by atoms with E-state index < -0.39 is 17.3 Å². The van der Waals surface area contributed by atoms with Crippen LogP contribution < -0.4 is 15.2 Å². The summed E-state index contributed by atoms with van der Waals surface area (Å²) in [4.78, 5) is 7.93. The molecule has 8 heteroatoms. The van der Waals surface area contributed by atoms with Crippen LogP contribution >= 0.6 is 0 Å². The van der Waals surface area contributed by atoms with Crippen LogP contribution in [0.1, 0.15) is 32.8 Å². The van der Waals surface area contributed by atoms with Gasteiger partial charge in [-0.2, -0.15) is 18.2 Å². The van der Waals surface area contributed by atoms with E-state index in [2.05, 4.69) is 9.97 Å². The van der Waals surface area contributed by atoms with Crippen molar-refractivity contribution in [2.24, 2.45) is 11.7 Å². The Hall–Kier alpha value is -2.35. The molecule has 0 fully saturated rings. The van der Waals surface area contributed by atoms with Crippen molar-refractivity contribution in [1.29, 1.82) is 0 Å². The van der Waals surface area contributed by atoms with Crippen LogP contribution in [0.3, 0.4) is 0 Å². The van der Waals surface area contributed by atoms with Gasteiger partial charge in [0.25, 0.3) is 0 Å². The minimum absolute atomic E-state index is 0.0189. The van der Waals surface area contributed by atoms with Gasteiger partial charge in [-0.25, -0.2) is 4.98 Å². The summed E-state index contributed by atoms with van der Waals surface area (Å²) >= 11 is 0. The summed E-state index contributed by atoms with van der Waals surface area (Å²) in [6.45, 7) is 5.74. The molecule has 2 rings (SSSR count). The molecule has 0 spiro atoms. The van der Waals surface area contributed by atoms with Crippen LogP contribution in [0.4, 0.5) is 13.2 Å². The standard InChI is InChI=1S/C19H24F3N3O2/c1-12(2)10-18(3,23)11-27-16-6-5-13(9-14(16)19(20,21)22)15-7-8-24-17(25-15)26-4/h5-9,12H,10-11,23H2,1-4H3. The van der Waals surface area contributed by atoms with Crippen LogP contribution in [-0.2, 0) is 6.18 Å². The van der Waals surface area contributed by atoms with Gasteiger partial charge in [-0.05, 0) is 43.5 Å². The molecule has 2 aromatic rings. The van der Waals surface area contributed by atoms with E-state index in [9.17, 15) is 13.2 Å². The third kappa shape index (κ3) is 5.82. The summed E-state index contributed by atoms with van der Waals surface area (Å²) in [7, 11) is 1.39. The number of nitrogens with two attached hydrogens (primary N) is 1. The maximum absolute atomic E-state index is 13.6. The molecular weight excluding hydrogens is 359 g/mol. The van der Waals surface area contributed by atoms with Gasteiger partial charge in [-0.3, -0.25) is 0 Å². The molecule has 0 saturated heterocycles. The number of nitrogens with zero attached hydrogens (tertiary/aromatic N) is 2. The lowest BCUT2D eigenvalue weighted by Crippen LogP contribution is -2.43. The van der Waals surface area contributed by atoms with E-state index in [-0.39, 0.29) is 23.9 Å². The lowest BCUT2D eigenvalue weighted by molar-refractivity contribution is -0.139. The maximum Gasteiger partial charge on any atom is 0.419 e. The molecule has 0 aliphatic rings. The van der Waals surface area contributed by atoms with Crippen LogP contribution in [0.25, 0.3) is 11.3 Å². The second kappa shape index (κ2) is 8.12. The topological polar surface area (TPSA) is 70.3 Å². The number of hydrogen-bond donors (Lipinski definition) is 1. The first-order valence-electron chi connectivity index (χ1n) is 8.52. The molecule has 1 unspecified atom stereocenters. The Morgan fingerprint density at radius 1 is 1.19 bits per heavy atom. The SMILES string of the molecule is COc1nccc(-c2ccc(OCC(C)(N)CC(C)C)c(C(F)(F)F)c2)n1. The smallest absolute Gasteiger partial charge is 0.419 e. The zero-order chi connectivity index (χ0) is 20.2. The zero-order valence-corrected chi connectivity index (χ0v) is 15.8. The van der Waals surface area contributed by atoms with Crippen molar-refractivity contribution in [3.8, 4) is 23.0 Å². The molecule has 1 atom stereocenters. The summed E-state index contributed by atoms with van der Waals surface area (Å²) in [5, 5.41) is 0. The van der Waals surface area contributed by atoms with Crippen LogP contribution in [0.5, 0.6) is 11.8 Å². The van der Waals surface area contributed by atoms with Crippen molar-refractivity contribution in [3.63, 3.8) is 0 Å². The Kier molecular flexibility index (Phi) is 6.30. The lowest BCUT2D eigenvalue weighted by Gasteiger charge is -2.27. The first-order chi connectivity index (χ1) is 12.5. The molecule has 0 bridgehead atoms. The fourth-order valence-electron chi connectivity index (χ4n) is 2.87. The Morgan fingerprint density at radius 2 is 1.89 bits per heavy atom. The van der Waals surface area contributed by atoms with Gasteiger partial charge in [-0.15, -0.1) is 0 Å². The minimum atomic E-state index is -4.58. The number of ether oxygens (including phenoxy) is 2. The summed E-state index contributed by atoms with van der Waals surface area (Å²) in [6, 6.07) is 5.40. The highest BCUT2D eigenvalue weighted by Crippen LogP contribution is 2.39. The monoisotopic (exact) mass is 383 g/mol. The largest absolute Gasteiger partial charge is 0.491 e. The number of halogens is 3. The van der Waals surface area contributed by atoms with Crippen molar-refractivity contribution in [2.45, 2.75) is 38.9 Å². The molecule has 27 heavy (non-hydrogen) atoms. The van der Waals surface area contributed by atoms with Crippen molar-refractivity contribution >= 4 is 0 Å². The van der Waals surface area contributed by atoms with Crippen molar-refractivity contribution < 1.29 is 22.6 Å². The first kappa shape index (κ1) is 21.0. The van der Waals surface area contributed by atoms with E-state index in [0.29, 0.717) is 18.0 Å². The molecule has 1 heterocycles. The highest BCUT2D eigenvalue weighted by molar-refractivity contribution is 5.62. The van der Waals surface area contributed by atoms with Crippen molar-refractivity contribution in [1.82, 2.24) is 9.97 Å². The lowest BCUT2D eigenvalue weighted by atomic mass is 9.93. The van der Waals surface area contributed by atoms with Gasteiger partial charge < -0.3 is 15.2 Å². The molecular formula is C19H24F3N3O2. The van der Waals surface area contributed by atoms with Gasteiger partial charge in [0.15, 0.2) is 0 Å². The normalized spacial score (nSPS) is 14.1. The molecule has 2 N–H and O–H groups in total. The third-order valence-corrected chi connectivity index (χ3v) is 3.83. The zero-order valence-electron chi connectivity index (χ0n) is 15.8. The summed E-state index contributed by atoms with van der Waals surface area (Å²) in [6.07, 6.45) is -2.52. The van der Waals surface area contributed by atoms with Crippen LogP contribution in [0.15, 0.2) is 30.5 Å². The van der Waals surface area contributed by atoms with Gasteiger partial charge in [0.05, 0.1) is 18.4 Å². The maximum atomic E-state index is 13.6. The number of aromatic nitrogens is 2. The molecule has 1 aromatic heterocycles. The minimum Gasteiger partial charge on any atom is -0.491 e. The number of methoxy groups -OCH3 is 1.